The van der Waals surface area contributed by atoms with Crippen LogP contribution in [0.3, 0.4) is 0 Å². The van der Waals surface area contributed by atoms with Crippen LogP contribution in [0.5, 0.6) is 0 Å². The van der Waals surface area contributed by atoms with E-state index >= 15 is 0 Å². The molecule has 1 rings (SSSR count). The van der Waals surface area contributed by atoms with Gasteiger partial charge in [-0.25, -0.2) is 0 Å². The van der Waals surface area contributed by atoms with Gasteiger partial charge in [0.15, 0.2) is 0 Å². The second-order valence-corrected chi connectivity index (χ2v) is 2.58. The van der Waals surface area contributed by atoms with Gasteiger partial charge >= 0.3 is 0 Å². The van der Waals surface area contributed by atoms with Crippen LogP contribution in [0, 0.1) is 0 Å². The van der Waals surface area contributed by atoms with E-state index in [-0.39, 0.29) is 0 Å². The quantitative estimate of drug-likeness (QED) is 0.514. The second-order valence-electron chi connectivity index (χ2n) is 2.58. The average molecular weight is 132 g/mol. The zero-order valence-corrected chi connectivity index (χ0v) is 6.52. The lowest BCUT2D eigenvalue weighted by molar-refractivity contribution is 1.33. The predicted molar refractivity (Wildman–Crippen MR) is 45.8 cm³/mol. The van der Waals surface area contributed by atoms with E-state index in [1.165, 1.54) is 11.1 Å². The van der Waals surface area contributed by atoms with E-state index in [9.17, 15) is 0 Å². The first-order valence-electron chi connectivity index (χ1n) is 3.43. The zero-order chi connectivity index (χ0) is 7.56. The summed E-state index contributed by atoms with van der Waals surface area (Å²) in [4.78, 5) is 0. The van der Waals surface area contributed by atoms with E-state index in [1.54, 1.807) is 0 Å². The highest BCUT2D eigenvalue weighted by Crippen LogP contribution is 2.17. The highest BCUT2D eigenvalue weighted by molar-refractivity contribution is 5.48. The summed E-state index contributed by atoms with van der Waals surface area (Å²) in [5.74, 6) is 0. The van der Waals surface area contributed by atoms with Crippen LogP contribution in [0.15, 0.2) is 47.6 Å². The minimum atomic E-state index is 1.14. The summed E-state index contributed by atoms with van der Waals surface area (Å²) >= 11 is 0. The van der Waals surface area contributed by atoms with Crippen molar-refractivity contribution in [3.05, 3.63) is 47.6 Å². The molecule has 1 aliphatic carbocycles. The molecule has 0 aromatic rings. The van der Waals surface area contributed by atoms with Crippen molar-refractivity contribution in [2.75, 3.05) is 0 Å². The molecule has 0 nitrogen and oxygen atoms in total. The van der Waals surface area contributed by atoms with E-state index < -0.39 is 0 Å². The fraction of sp³-hybridized carbons (Fsp3) is 0.200. The zero-order valence-electron chi connectivity index (χ0n) is 6.52. The Balaban J connectivity index is 2.96. The van der Waals surface area contributed by atoms with Crippen molar-refractivity contribution < 1.29 is 0 Å². The fourth-order valence-electron chi connectivity index (χ4n) is 0.870. The maximum Gasteiger partial charge on any atom is -0.0225 e. The molecule has 0 saturated heterocycles. The van der Waals surface area contributed by atoms with Crippen molar-refractivity contribution in [1.29, 1.82) is 0 Å². The van der Waals surface area contributed by atoms with Gasteiger partial charge in [-0.15, -0.1) is 0 Å². The highest BCUT2D eigenvalue weighted by Gasteiger charge is 1.97. The van der Waals surface area contributed by atoms with Crippen LogP contribution >= 0.6 is 0 Å². The minimum absolute atomic E-state index is 1.14. The van der Waals surface area contributed by atoms with Crippen molar-refractivity contribution in [3.8, 4) is 0 Å². The van der Waals surface area contributed by atoms with Crippen molar-refractivity contribution in [2.24, 2.45) is 0 Å². The van der Waals surface area contributed by atoms with Gasteiger partial charge in [-0.05, 0) is 25.0 Å². The van der Waals surface area contributed by atoms with Crippen LogP contribution in [-0.2, 0) is 0 Å². The van der Waals surface area contributed by atoms with Crippen molar-refractivity contribution in [1.82, 2.24) is 0 Å². The van der Waals surface area contributed by atoms with Gasteiger partial charge in [0.2, 0.25) is 0 Å². The van der Waals surface area contributed by atoms with Gasteiger partial charge in [0.25, 0.3) is 0 Å². The van der Waals surface area contributed by atoms with Crippen LogP contribution in [0.2, 0.25) is 0 Å². The molecule has 0 heteroatoms. The summed E-state index contributed by atoms with van der Waals surface area (Å²) in [6, 6.07) is 0. The molecule has 0 spiro atoms. The first-order valence-corrected chi connectivity index (χ1v) is 3.43. The summed E-state index contributed by atoms with van der Waals surface area (Å²) in [6.07, 6.45) is 8.29. The predicted octanol–water partition coefficient (Wildman–Crippen LogP) is 3.01. The molecular formula is C10H12. The molecule has 0 saturated carbocycles. The van der Waals surface area contributed by atoms with Gasteiger partial charge in [0.1, 0.15) is 0 Å². The topological polar surface area (TPSA) is 0 Å². The lowest BCUT2D eigenvalue weighted by Gasteiger charge is -2.00. The Labute approximate surface area is 62.3 Å². The van der Waals surface area contributed by atoms with Crippen molar-refractivity contribution in [2.45, 2.75) is 13.8 Å². The molecule has 0 atom stereocenters. The van der Waals surface area contributed by atoms with Gasteiger partial charge < -0.3 is 0 Å². The Morgan fingerprint density at radius 3 is 2.10 bits per heavy atom. The fourth-order valence-corrected chi connectivity index (χ4v) is 0.870. The Bertz CT molecular complexity index is 223. The van der Waals surface area contributed by atoms with Crippen molar-refractivity contribution >= 4 is 0 Å². The van der Waals surface area contributed by atoms with Crippen molar-refractivity contribution in [3.63, 3.8) is 0 Å². The highest BCUT2D eigenvalue weighted by atomic mass is 14.0. The summed E-state index contributed by atoms with van der Waals surface area (Å²) in [5, 5.41) is 0. The number of hydrogen-bond acceptors (Lipinski definition) is 0. The third-order valence-electron chi connectivity index (χ3n) is 1.74. The SMILES string of the molecule is C=C(C)C(C)=C1C=CC=C1. The van der Waals surface area contributed by atoms with E-state index in [0.29, 0.717) is 0 Å². The second kappa shape index (κ2) is 2.70. The maximum absolute atomic E-state index is 3.87. The van der Waals surface area contributed by atoms with E-state index in [2.05, 4.69) is 25.7 Å². The maximum atomic E-state index is 3.87. The van der Waals surface area contributed by atoms with E-state index in [1.807, 2.05) is 19.1 Å². The lowest BCUT2D eigenvalue weighted by atomic mass is 10.1. The first kappa shape index (κ1) is 7.07. The summed E-state index contributed by atoms with van der Waals surface area (Å²) in [6.45, 7) is 8.00. The van der Waals surface area contributed by atoms with Crippen LogP contribution in [0.1, 0.15) is 13.8 Å². The summed E-state index contributed by atoms with van der Waals surface area (Å²) in [7, 11) is 0. The van der Waals surface area contributed by atoms with E-state index in [4.69, 9.17) is 0 Å². The third kappa shape index (κ3) is 1.27. The van der Waals surface area contributed by atoms with Gasteiger partial charge in [-0.2, -0.15) is 0 Å². The number of allylic oxidation sites excluding steroid dienone is 7. The largest absolute Gasteiger partial charge is 0.0958 e. The lowest BCUT2D eigenvalue weighted by Crippen LogP contribution is -1.80. The van der Waals surface area contributed by atoms with Gasteiger partial charge in [-0.3, -0.25) is 0 Å². The Morgan fingerprint density at radius 2 is 1.70 bits per heavy atom. The van der Waals surface area contributed by atoms with E-state index in [0.717, 1.165) is 5.57 Å². The molecule has 10 heavy (non-hydrogen) atoms. The molecule has 0 aliphatic heterocycles. The molecule has 0 aromatic carbocycles. The molecule has 0 bridgehead atoms. The molecule has 0 amide bonds. The Morgan fingerprint density at radius 1 is 1.20 bits per heavy atom. The molecule has 0 N–H and O–H groups in total. The van der Waals surface area contributed by atoms with Crippen LogP contribution in [-0.4, -0.2) is 0 Å². The standard InChI is InChI=1S/C10H12/c1-8(2)9(3)10-6-4-5-7-10/h4-7H,1H2,2-3H3. The van der Waals surface area contributed by atoms with Gasteiger partial charge in [0.05, 0.1) is 0 Å². The minimum Gasteiger partial charge on any atom is -0.0958 e. The molecule has 0 radical (unpaired) electrons. The molecule has 1 aliphatic rings. The van der Waals surface area contributed by atoms with Gasteiger partial charge in [0, 0.05) is 0 Å². The Kier molecular flexibility index (Phi) is 1.91. The third-order valence-corrected chi connectivity index (χ3v) is 1.74. The molecule has 52 valence electrons. The van der Waals surface area contributed by atoms with Crippen LogP contribution in [0.25, 0.3) is 0 Å². The summed E-state index contributed by atoms with van der Waals surface area (Å²) in [5.41, 5.74) is 3.71. The number of hydrogen-bond donors (Lipinski definition) is 0. The van der Waals surface area contributed by atoms with Crippen LogP contribution in [0.4, 0.5) is 0 Å². The molecular weight excluding hydrogens is 120 g/mol. The number of rotatable bonds is 1. The molecule has 0 heterocycles. The smallest absolute Gasteiger partial charge is 0.0225 e. The normalized spacial score (nSPS) is 14.4. The molecule has 0 fully saturated rings. The molecule has 0 aromatic heterocycles. The monoisotopic (exact) mass is 132 g/mol. The summed E-state index contributed by atoms with van der Waals surface area (Å²) < 4.78 is 0. The molecule has 0 unspecified atom stereocenters. The Hall–Kier alpha value is -1.04. The van der Waals surface area contributed by atoms with Gasteiger partial charge in [-0.1, -0.05) is 36.5 Å². The first-order chi connectivity index (χ1) is 4.72. The average Bonchev–Trinajstić information content (AvgIpc) is 2.36. The van der Waals surface area contributed by atoms with Crippen LogP contribution < -0.4 is 0 Å².